The number of nitrogens with zero attached hydrogens (tertiary/aromatic N) is 2. The molecule has 226 valence electrons. The highest BCUT2D eigenvalue weighted by atomic mass is 35.5. The Hall–Kier alpha value is -3.79. The average Bonchev–Trinajstić information content (AvgIpc) is 3.94. The van der Waals surface area contributed by atoms with Crippen molar-refractivity contribution < 1.29 is 28.4 Å². The number of pyridine rings is 2. The van der Waals surface area contributed by atoms with Crippen molar-refractivity contribution in [2.24, 2.45) is 11.7 Å². The SMILES string of the molecule is C[C@]1(C(N)=O)COc2c1cc([C@@](O)(CNC(=O)c1cc(Cl)c3cc[n+](C4CC4)cc3c1)C1CC1)nc2-c1cccc(F)c1Cl. The lowest BCUT2D eigenvalue weighted by Gasteiger charge is -2.30. The highest BCUT2D eigenvalue weighted by Gasteiger charge is 2.50. The molecule has 2 aromatic heterocycles. The number of nitrogens with two attached hydrogens (primary N) is 1. The van der Waals surface area contributed by atoms with Crippen molar-refractivity contribution in [3.8, 4) is 17.0 Å². The molecule has 2 aromatic carbocycles. The number of primary amides is 1. The molecule has 3 heterocycles. The second-order valence-corrected chi connectivity index (χ2v) is 13.1. The molecule has 2 saturated carbocycles. The second-order valence-electron chi connectivity index (χ2n) is 12.3. The second kappa shape index (κ2) is 10.4. The van der Waals surface area contributed by atoms with Crippen LogP contribution in [0.2, 0.25) is 10.0 Å². The fourth-order valence-electron chi connectivity index (χ4n) is 6.02. The van der Waals surface area contributed by atoms with Gasteiger partial charge in [0.2, 0.25) is 5.91 Å². The van der Waals surface area contributed by atoms with Gasteiger partial charge in [-0.05, 0) is 49.9 Å². The van der Waals surface area contributed by atoms with Gasteiger partial charge in [0.1, 0.15) is 34.9 Å². The van der Waals surface area contributed by atoms with Crippen LogP contribution in [0.4, 0.5) is 4.39 Å². The summed E-state index contributed by atoms with van der Waals surface area (Å²) in [6, 6.07) is 11.8. The minimum atomic E-state index is -1.62. The third-order valence-electron chi connectivity index (χ3n) is 9.13. The zero-order valence-corrected chi connectivity index (χ0v) is 25.4. The first-order valence-electron chi connectivity index (χ1n) is 14.6. The number of benzene rings is 2. The van der Waals surface area contributed by atoms with Gasteiger partial charge < -0.3 is 20.9 Å². The van der Waals surface area contributed by atoms with Crippen molar-refractivity contribution in [1.82, 2.24) is 10.3 Å². The fraction of sp³-hybridized carbons (Fsp3) is 0.333. The summed E-state index contributed by atoms with van der Waals surface area (Å²) in [6.07, 6.45) is 7.66. The summed E-state index contributed by atoms with van der Waals surface area (Å²) in [4.78, 5) is 30.9. The van der Waals surface area contributed by atoms with Gasteiger partial charge in [-0.25, -0.2) is 13.9 Å². The van der Waals surface area contributed by atoms with Crippen LogP contribution < -0.4 is 20.4 Å². The molecule has 1 aliphatic heterocycles. The summed E-state index contributed by atoms with van der Waals surface area (Å²) in [7, 11) is 0. The van der Waals surface area contributed by atoms with Crippen LogP contribution in [0.3, 0.4) is 0 Å². The average molecular weight is 637 g/mol. The number of carbonyl (C=O) groups excluding carboxylic acids is 2. The summed E-state index contributed by atoms with van der Waals surface area (Å²) in [5, 5.41) is 17.1. The zero-order valence-electron chi connectivity index (χ0n) is 23.9. The number of fused-ring (bicyclic) bond motifs is 2. The molecule has 0 unspecified atom stereocenters. The van der Waals surface area contributed by atoms with E-state index >= 15 is 0 Å². The molecule has 44 heavy (non-hydrogen) atoms. The molecular formula is C33H30Cl2FN4O4+. The molecule has 0 radical (unpaired) electrons. The monoisotopic (exact) mass is 635 g/mol. The van der Waals surface area contributed by atoms with Gasteiger partial charge in [0.25, 0.3) is 5.91 Å². The number of aromatic nitrogens is 2. The molecule has 4 aromatic rings. The van der Waals surface area contributed by atoms with Crippen LogP contribution in [0.25, 0.3) is 22.0 Å². The normalized spacial score (nSPS) is 20.6. The van der Waals surface area contributed by atoms with Crippen molar-refractivity contribution >= 4 is 45.8 Å². The van der Waals surface area contributed by atoms with Crippen molar-refractivity contribution in [3.63, 3.8) is 0 Å². The fourth-order valence-corrected chi connectivity index (χ4v) is 6.52. The molecule has 2 fully saturated rings. The number of halogens is 3. The van der Waals surface area contributed by atoms with E-state index in [0.717, 1.165) is 23.6 Å². The molecule has 2 amide bonds. The predicted octanol–water partition coefficient (Wildman–Crippen LogP) is 5.13. The summed E-state index contributed by atoms with van der Waals surface area (Å²) in [5.74, 6) is -1.65. The number of nitrogens with one attached hydrogen (secondary N) is 1. The summed E-state index contributed by atoms with van der Waals surface area (Å²) in [5.41, 5.74) is 4.37. The summed E-state index contributed by atoms with van der Waals surface area (Å²) in [6.45, 7) is 1.43. The standard InChI is InChI=1S/C33H29Cl2FN4O4/c1-32(31(37)42)16-44-29-23(32)13-26(39-28(29)22-3-2-4-25(36)27(22)35)33(43,19-5-6-19)15-38-30(41)17-11-18-14-40(20-7-8-20)10-9-21(18)24(34)12-17/h2-4,9-14,19-20,43H,5-8,15-16H2,1H3,(H2-,37,38,41,42)/p+1/t32-,33+/m0/s1. The Bertz CT molecular complexity index is 1880. The van der Waals surface area contributed by atoms with Gasteiger partial charge in [0.15, 0.2) is 18.4 Å². The van der Waals surface area contributed by atoms with Gasteiger partial charge >= 0.3 is 0 Å². The molecule has 0 bridgehead atoms. The lowest BCUT2D eigenvalue weighted by atomic mass is 9.81. The number of carbonyl (C=O) groups is 2. The van der Waals surface area contributed by atoms with Crippen LogP contribution in [-0.2, 0) is 15.8 Å². The maximum atomic E-state index is 14.5. The van der Waals surface area contributed by atoms with E-state index in [0.29, 0.717) is 35.0 Å². The van der Waals surface area contributed by atoms with E-state index in [2.05, 4.69) is 9.88 Å². The lowest BCUT2D eigenvalue weighted by Crippen LogP contribution is -2.44. The van der Waals surface area contributed by atoms with Gasteiger partial charge in [0, 0.05) is 51.4 Å². The molecule has 4 N–H and O–H groups in total. The van der Waals surface area contributed by atoms with E-state index in [1.54, 1.807) is 31.2 Å². The van der Waals surface area contributed by atoms with Crippen LogP contribution in [0.5, 0.6) is 5.75 Å². The van der Waals surface area contributed by atoms with E-state index < -0.39 is 28.6 Å². The Morgan fingerprint density at radius 3 is 2.68 bits per heavy atom. The van der Waals surface area contributed by atoms with E-state index in [-0.39, 0.29) is 46.8 Å². The number of ether oxygens (including phenoxy) is 1. The molecule has 7 rings (SSSR count). The Labute approximate surface area is 262 Å². The molecule has 2 aliphatic carbocycles. The number of rotatable bonds is 8. The van der Waals surface area contributed by atoms with Gasteiger partial charge in [-0.1, -0.05) is 35.3 Å². The van der Waals surface area contributed by atoms with Crippen LogP contribution in [0.1, 0.15) is 60.3 Å². The van der Waals surface area contributed by atoms with Crippen LogP contribution in [-0.4, -0.2) is 35.1 Å². The highest BCUT2D eigenvalue weighted by Crippen LogP contribution is 2.50. The number of hydrogen-bond acceptors (Lipinski definition) is 5. The maximum absolute atomic E-state index is 14.5. The first-order chi connectivity index (χ1) is 21.0. The first-order valence-corrected chi connectivity index (χ1v) is 15.3. The maximum Gasteiger partial charge on any atom is 0.251 e. The largest absolute Gasteiger partial charge is 0.489 e. The van der Waals surface area contributed by atoms with Crippen LogP contribution >= 0.6 is 23.2 Å². The van der Waals surface area contributed by atoms with Crippen molar-refractivity contribution in [2.45, 2.75) is 49.7 Å². The molecule has 2 atom stereocenters. The number of hydrogen-bond donors (Lipinski definition) is 3. The number of amides is 2. The molecule has 3 aliphatic rings. The Balaban J connectivity index is 1.27. The smallest absolute Gasteiger partial charge is 0.251 e. The minimum absolute atomic E-state index is 0.0508. The predicted molar refractivity (Wildman–Crippen MR) is 163 cm³/mol. The van der Waals surface area contributed by atoms with E-state index in [1.807, 2.05) is 18.5 Å². The molecule has 0 saturated heterocycles. The lowest BCUT2D eigenvalue weighted by molar-refractivity contribution is -0.699. The third kappa shape index (κ3) is 4.78. The van der Waals surface area contributed by atoms with Crippen LogP contribution in [0.15, 0.2) is 54.9 Å². The first kappa shape index (κ1) is 29.0. The molecule has 11 heteroatoms. The Morgan fingerprint density at radius 1 is 1.20 bits per heavy atom. The Kier molecular flexibility index (Phi) is 6.84. The topological polar surface area (TPSA) is 118 Å². The van der Waals surface area contributed by atoms with Crippen molar-refractivity contribution in [3.05, 3.63) is 87.5 Å². The summed E-state index contributed by atoms with van der Waals surface area (Å²) < 4.78 is 22.6. The number of aliphatic hydroxyl groups is 1. The quantitative estimate of drug-likeness (QED) is 0.232. The van der Waals surface area contributed by atoms with E-state index in [4.69, 9.17) is 38.7 Å². The molecule has 0 spiro atoms. The highest BCUT2D eigenvalue weighted by molar-refractivity contribution is 6.36. The van der Waals surface area contributed by atoms with E-state index in [1.165, 1.54) is 12.1 Å². The van der Waals surface area contributed by atoms with Crippen molar-refractivity contribution in [1.29, 1.82) is 0 Å². The van der Waals surface area contributed by atoms with Gasteiger partial charge in [-0.2, -0.15) is 0 Å². The van der Waals surface area contributed by atoms with Gasteiger partial charge in [-0.3, -0.25) is 9.59 Å². The summed E-state index contributed by atoms with van der Waals surface area (Å²) >= 11 is 12.9. The van der Waals surface area contributed by atoms with Crippen molar-refractivity contribution in [2.75, 3.05) is 13.2 Å². The molecule has 8 nitrogen and oxygen atoms in total. The van der Waals surface area contributed by atoms with Gasteiger partial charge in [0.05, 0.1) is 17.3 Å². The zero-order chi connectivity index (χ0) is 31.0. The minimum Gasteiger partial charge on any atom is -0.489 e. The Morgan fingerprint density at radius 2 is 1.98 bits per heavy atom. The van der Waals surface area contributed by atoms with Crippen LogP contribution in [0, 0.1) is 11.7 Å². The van der Waals surface area contributed by atoms with E-state index in [9.17, 15) is 19.1 Å². The van der Waals surface area contributed by atoms with Gasteiger partial charge in [-0.15, -0.1) is 0 Å². The third-order valence-corrected chi connectivity index (χ3v) is 9.83. The molecular weight excluding hydrogens is 606 g/mol.